The minimum atomic E-state index is -0.293. The van der Waals surface area contributed by atoms with E-state index >= 15 is 0 Å². The van der Waals surface area contributed by atoms with Gasteiger partial charge in [-0.15, -0.1) is 0 Å². The van der Waals surface area contributed by atoms with Crippen molar-refractivity contribution in [1.29, 1.82) is 0 Å². The molecule has 27 heavy (non-hydrogen) atoms. The van der Waals surface area contributed by atoms with Crippen molar-refractivity contribution in [3.8, 4) is 0 Å². The highest BCUT2D eigenvalue weighted by molar-refractivity contribution is 5.97. The molecule has 2 aromatic carbocycles. The smallest absolute Gasteiger partial charge is 0.319 e. The summed E-state index contributed by atoms with van der Waals surface area (Å²) in [6.45, 7) is 5.40. The second-order valence-electron chi connectivity index (χ2n) is 6.69. The van der Waals surface area contributed by atoms with Crippen LogP contribution in [0.15, 0.2) is 54.6 Å². The van der Waals surface area contributed by atoms with Crippen LogP contribution in [-0.4, -0.2) is 36.0 Å². The van der Waals surface area contributed by atoms with Crippen molar-refractivity contribution in [2.75, 3.05) is 18.4 Å². The number of nitrogens with two attached hydrogens (primary N) is 1. The summed E-state index contributed by atoms with van der Waals surface area (Å²) in [4.78, 5) is 26.7. The second-order valence-corrected chi connectivity index (χ2v) is 6.69. The molecule has 0 unspecified atom stereocenters. The molecule has 4 N–H and O–H groups in total. The molecule has 0 spiro atoms. The number of benzene rings is 2. The fraction of sp³-hybridized carbons (Fsp3) is 0.333. The van der Waals surface area contributed by atoms with Crippen LogP contribution in [0.5, 0.6) is 0 Å². The van der Waals surface area contributed by atoms with Gasteiger partial charge < -0.3 is 21.3 Å². The minimum Gasteiger partial charge on any atom is -0.336 e. The quantitative estimate of drug-likeness (QED) is 0.668. The standard InChI is InChI=1S/C21H28N4O2/c1-16(2)23-21(27)24-19-11-6-10-18(14-19)20(26)25(13-7-12-22)15-17-8-4-3-5-9-17/h3-6,8-11,14,16H,7,12-13,15,22H2,1-2H3,(H2,23,24,27). The Morgan fingerprint density at radius 1 is 1.07 bits per heavy atom. The molecule has 6 heteroatoms. The van der Waals surface area contributed by atoms with Gasteiger partial charge in [-0.1, -0.05) is 36.4 Å². The first kappa shape index (κ1) is 20.5. The summed E-state index contributed by atoms with van der Waals surface area (Å²) < 4.78 is 0. The van der Waals surface area contributed by atoms with Gasteiger partial charge in [0.1, 0.15) is 0 Å². The average Bonchev–Trinajstić information content (AvgIpc) is 2.65. The predicted octanol–water partition coefficient (Wildman–Crippen LogP) is 3.21. The zero-order valence-corrected chi connectivity index (χ0v) is 15.9. The van der Waals surface area contributed by atoms with Crippen molar-refractivity contribution in [1.82, 2.24) is 10.2 Å². The number of amides is 3. The summed E-state index contributed by atoms with van der Waals surface area (Å²) in [5.41, 5.74) is 7.81. The van der Waals surface area contributed by atoms with E-state index in [1.54, 1.807) is 29.2 Å². The number of carbonyl (C=O) groups is 2. The van der Waals surface area contributed by atoms with Gasteiger partial charge in [-0.25, -0.2) is 4.79 Å². The van der Waals surface area contributed by atoms with E-state index in [1.807, 2.05) is 44.2 Å². The van der Waals surface area contributed by atoms with Crippen molar-refractivity contribution >= 4 is 17.6 Å². The van der Waals surface area contributed by atoms with Crippen LogP contribution in [0.1, 0.15) is 36.2 Å². The van der Waals surface area contributed by atoms with Crippen LogP contribution in [0.4, 0.5) is 10.5 Å². The molecule has 0 atom stereocenters. The van der Waals surface area contributed by atoms with Gasteiger partial charge in [0.05, 0.1) is 0 Å². The third-order valence-electron chi connectivity index (χ3n) is 3.92. The van der Waals surface area contributed by atoms with Gasteiger partial charge in [0.2, 0.25) is 0 Å². The number of anilines is 1. The SMILES string of the molecule is CC(C)NC(=O)Nc1cccc(C(=O)N(CCCN)Cc2ccccc2)c1. The van der Waals surface area contributed by atoms with Crippen LogP contribution >= 0.6 is 0 Å². The molecule has 0 bridgehead atoms. The van der Waals surface area contributed by atoms with Crippen LogP contribution in [0.2, 0.25) is 0 Å². The van der Waals surface area contributed by atoms with E-state index in [4.69, 9.17) is 5.73 Å². The van der Waals surface area contributed by atoms with Gasteiger partial charge in [-0.2, -0.15) is 0 Å². The third kappa shape index (κ3) is 6.75. The van der Waals surface area contributed by atoms with E-state index in [0.717, 1.165) is 12.0 Å². The van der Waals surface area contributed by atoms with Gasteiger partial charge in [-0.3, -0.25) is 4.79 Å². The predicted molar refractivity (Wildman–Crippen MR) is 109 cm³/mol. The van der Waals surface area contributed by atoms with Crippen molar-refractivity contribution in [3.63, 3.8) is 0 Å². The Bertz CT molecular complexity index is 747. The Kier molecular flexibility index (Phi) is 7.82. The number of hydrogen-bond donors (Lipinski definition) is 3. The van der Waals surface area contributed by atoms with Crippen LogP contribution in [0.25, 0.3) is 0 Å². The highest BCUT2D eigenvalue weighted by Crippen LogP contribution is 2.15. The summed E-state index contributed by atoms with van der Waals surface area (Å²) in [6, 6.07) is 16.6. The number of hydrogen-bond acceptors (Lipinski definition) is 3. The average molecular weight is 368 g/mol. The van der Waals surface area contributed by atoms with E-state index in [-0.39, 0.29) is 18.0 Å². The van der Waals surface area contributed by atoms with E-state index in [9.17, 15) is 9.59 Å². The summed E-state index contributed by atoms with van der Waals surface area (Å²) in [5, 5.41) is 5.52. The van der Waals surface area contributed by atoms with Crippen molar-refractivity contribution in [2.24, 2.45) is 5.73 Å². The van der Waals surface area contributed by atoms with Crippen LogP contribution in [-0.2, 0) is 6.54 Å². The minimum absolute atomic E-state index is 0.0347. The number of urea groups is 1. The summed E-state index contributed by atoms with van der Waals surface area (Å²) in [5.74, 6) is -0.0831. The lowest BCUT2D eigenvalue weighted by Crippen LogP contribution is -2.34. The highest BCUT2D eigenvalue weighted by atomic mass is 16.2. The lowest BCUT2D eigenvalue weighted by molar-refractivity contribution is 0.0742. The van der Waals surface area contributed by atoms with E-state index in [0.29, 0.717) is 30.9 Å². The first-order chi connectivity index (χ1) is 13.0. The Balaban J connectivity index is 2.13. The van der Waals surface area contributed by atoms with Gasteiger partial charge in [0.25, 0.3) is 5.91 Å². The summed E-state index contributed by atoms with van der Waals surface area (Å²) in [6.07, 6.45) is 0.729. The topological polar surface area (TPSA) is 87.5 Å². The fourth-order valence-electron chi connectivity index (χ4n) is 2.68. The van der Waals surface area contributed by atoms with Crippen molar-refractivity contribution < 1.29 is 9.59 Å². The molecule has 144 valence electrons. The fourth-order valence-corrected chi connectivity index (χ4v) is 2.68. The maximum absolute atomic E-state index is 13.0. The molecule has 0 aliphatic carbocycles. The zero-order chi connectivity index (χ0) is 19.6. The molecule has 0 heterocycles. The molecule has 0 saturated carbocycles. The molecule has 0 aromatic heterocycles. The Morgan fingerprint density at radius 3 is 2.48 bits per heavy atom. The molecule has 0 fully saturated rings. The number of nitrogens with one attached hydrogen (secondary N) is 2. The molecule has 6 nitrogen and oxygen atoms in total. The number of nitrogens with zero attached hydrogens (tertiary/aromatic N) is 1. The maximum atomic E-state index is 13.0. The largest absolute Gasteiger partial charge is 0.336 e. The molecular formula is C21H28N4O2. The highest BCUT2D eigenvalue weighted by Gasteiger charge is 2.16. The number of carbonyl (C=O) groups excluding carboxylic acids is 2. The van der Waals surface area contributed by atoms with Crippen molar-refractivity contribution in [2.45, 2.75) is 32.9 Å². The number of rotatable bonds is 8. The molecule has 2 aromatic rings. The first-order valence-corrected chi connectivity index (χ1v) is 9.20. The van der Waals surface area contributed by atoms with Crippen LogP contribution in [0.3, 0.4) is 0 Å². The van der Waals surface area contributed by atoms with Crippen molar-refractivity contribution in [3.05, 3.63) is 65.7 Å². The van der Waals surface area contributed by atoms with Gasteiger partial charge in [0, 0.05) is 30.4 Å². The molecule has 3 amide bonds. The lowest BCUT2D eigenvalue weighted by Gasteiger charge is -2.23. The Labute approximate surface area is 160 Å². The zero-order valence-electron chi connectivity index (χ0n) is 15.9. The second kappa shape index (κ2) is 10.3. The summed E-state index contributed by atoms with van der Waals surface area (Å²) in [7, 11) is 0. The lowest BCUT2D eigenvalue weighted by atomic mass is 10.1. The Morgan fingerprint density at radius 2 is 1.81 bits per heavy atom. The van der Waals surface area contributed by atoms with Crippen LogP contribution in [0, 0.1) is 0 Å². The normalized spacial score (nSPS) is 10.5. The molecule has 0 saturated heterocycles. The summed E-state index contributed by atoms with van der Waals surface area (Å²) >= 11 is 0. The van der Waals surface area contributed by atoms with E-state index in [1.165, 1.54) is 0 Å². The van der Waals surface area contributed by atoms with Gasteiger partial charge in [0.15, 0.2) is 0 Å². The molecule has 0 aliphatic rings. The van der Waals surface area contributed by atoms with E-state index < -0.39 is 0 Å². The monoisotopic (exact) mass is 368 g/mol. The maximum Gasteiger partial charge on any atom is 0.319 e. The van der Waals surface area contributed by atoms with Crippen LogP contribution < -0.4 is 16.4 Å². The first-order valence-electron chi connectivity index (χ1n) is 9.20. The molecule has 0 aliphatic heterocycles. The van der Waals surface area contributed by atoms with Gasteiger partial charge in [-0.05, 0) is 50.6 Å². The van der Waals surface area contributed by atoms with E-state index in [2.05, 4.69) is 10.6 Å². The molecule has 0 radical (unpaired) electrons. The van der Waals surface area contributed by atoms with Gasteiger partial charge >= 0.3 is 6.03 Å². The molecule has 2 rings (SSSR count). The third-order valence-corrected chi connectivity index (χ3v) is 3.92. The molecular weight excluding hydrogens is 340 g/mol. The Hall–Kier alpha value is -2.86.